The van der Waals surface area contributed by atoms with E-state index >= 15 is 0 Å². The molecule has 0 aliphatic carbocycles. The summed E-state index contributed by atoms with van der Waals surface area (Å²) in [6.07, 6.45) is 0. The van der Waals surface area contributed by atoms with Crippen LogP contribution in [-0.2, 0) is 0 Å². The predicted molar refractivity (Wildman–Crippen MR) is 52.1 cm³/mol. The van der Waals surface area contributed by atoms with Crippen molar-refractivity contribution in [3.05, 3.63) is 23.0 Å². The molecule has 5 heteroatoms. The van der Waals surface area contributed by atoms with E-state index in [0.717, 1.165) is 9.71 Å². The van der Waals surface area contributed by atoms with Crippen molar-refractivity contribution < 1.29 is 4.39 Å². The molecular formula is C8H8FN3S. The standard InChI is InChI=1S/C8H8FN3S/c1-4-11-7-2-5(9)6(12-10)3-8(7)13-4/h2-3,12H,10H2,1H3. The fourth-order valence-electron chi connectivity index (χ4n) is 1.17. The van der Waals surface area contributed by atoms with Crippen LogP contribution in [0.15, 0.2) is 12.1 Å². The van der Waals surface area contributed by atoms with Gasteiger partial charge in [-0.3, -0.25) is 5.84 Å². The highest BCUT2D eigenvalue weighted by Gasteiger charge is 2.06. The number of aryl methyl sites for hydroxylation is 1. The van der Waals surface area contributed by atoms with Gasteiger partial charge in [0, 0.05) is 6.07 Å². The Morgan fingerprint density at radius 1 is 1.54 bits per heavy atom. The molecule has 1 heterocycles. The van der Waals surface area contributed by atoms with Gasteiger partial charge in [-0.2, -0.15) is 0 Å². The lowest BCUT2D eigenvalue weighted by molar-refractivity contribution is 0.632. The molecular weight excluding hydrogens is 189 g/mol. The van der Waals surface area contributed by atoms with Gasteiger partial charge in [-0.25, -0.2) is 9.37 Å². The average molecular weight is 197 g/mol. The first-order valence-electron chi connectivity index (χ1n) is 3.74. The lowest BCUT2D eigenvalue weighted by Crippen LogP contribution is -2.08. The number of anilines is 1. The van der Waals surface area contributed by atoms with Gasteiger partial charge in [-0.1, -0.05) is 0 Å². The SMILES string of the molecule is Cc1nc2cc(F)c(NN)cc2s1. The Morgan fingerprint density at radius 3 is 3.00 bits per heavy atom. The van der Waals surface area contributed by atoms with Crippen molar-refractivity contribution in [2.75, 3.05) is 5.43 Å². The first-order chi connectivity index (χ1) is 6.20. The molecule has 0 atom stereocenters. The molecule has 0 fully saturated rings. The fraction of sp³-hybridized carbons (Fsp3) is 0.125. The zero-order chi connectivity index (χ0) is 9.42. The van der Waals surface area contributed by atoms with Crippen LogP contribution in [0.1, 0.15) is 5.01 Å². The number of nitrogens with one attached hydrogen (secondary N) is 1. The van der Waals surface area contributed by atoms with Crippen molar-refractivity contribution in [2.45, 2.75) is 6.92 Å². The van der Waals surface area contributed by atoms with Gasteiger partial charge in [0.05, 0.1) is 20.9 Å². The summed E-state index contributed by atoms with van der Waals surface area (Å²) in [6, 6.07) is 3.04. The Balaban J connectivity index is 2.72. The minimum absolute atomic E-state index is 0.302. The number of thiazole rings is 1. The zero-order valence-corrected chi connectivity index (χ0v) is 7.78. The monoisotopic (exact) mass is 197 g/mol. The molecule has 0 saturated carbocycles. The van der Waals surface area contributed by atoms with Crippen LogP contribution >= 0.6 is 11.3 Å². The van der Waals surface area contributed by atoms with Gasteiger partial charge in [0.1, 0.15) is 5.82 Å². The van der Waals surface area contributed by atoms with Crippen LogP contribution < -0.4 is 11.3 Å². The van der Waals surface area contributed by atoms with Crippen molar-refractivity contribution in [3.8, 4) is 0 Å². The third-order valence-electron chi connectivity index (χ3n) is 1.74. The van der Waals surface area contributed by atoms with Crippen molar-refractivity contribution in [1.29, 1.82) is 0 Å². The summed E-state index contributed by atoms with van der Waals surface area (Å²) in [5.41, 5.74) is 3.28. The normalized spacial score (nSPS) is 10.7. The van der Waals surface area contributed by atoms with E-state index in [9.17, 15) is 4.39 Å². The molecule has 3 N–H and O–H groups in total. The number of halogens is 1. The number of hydrogen-bond donors (Lipinski definition) is 2. The molecule has 13 heavy (non-hydrogen) atoms. The van der Waals surface area contributed by atoms with E-state index in [1.54, 1.807) is 6.07 Å². The van der Waals surface area contributed by atoms with E-state index < -0.39 is 0 Å². The van der Waals surface area contributed by atoms with Crippen molar-refractivity contribution >= 4 is 27.2 Å². The Morgan fingerprint density at radius 2 is 2.31 bits per heavy atom. The Kier molecular flexibility index (Phi) is 1.90. The molecule has 0 aliphatic rings. The van der Waals surface area contributed by atoms with Crippen LogP contribution in [0.5, 0.6) is 0 Å². The Hall–Kier alpha value is -1.20. The van der Waals surface area contributed by atoms with E-state index in [1.165, 1.54) is 17.4 Å². The molecule has 68 valence electrons. The summed E-state index contributed by atoms with van der Waals surface area (Å²) in [4.78, 5) is 4.16. The Bertz CT molecular complexity index is 452. The van der Waals surface area contributed by atoms with E-state index in [4.69, 9.17) is 5.84 Å². The number of hydrazine groups is 1. The predicted octanol–water partition coefficient (Wildman–Crippen LogP) is 2.03. The lowest BCUT2D eigenvalue weighted by Gasteiger charge is -1.99. The molecule has 2 rings (SSSR count). The second-order valence-corrected chi connectivity index (χ2v) is 3.91. The molecule has 0 bridgehead atoms. The molecule has 0 unspecified atom stereocenters. The van der Waals surface area contributed by atoms with Crippen LogP contribution in [0.25, 0.3) is 10.2 Å². The van der Waals surface area contributed by atoms with Crippen molar-refractivity contribution in [3.63, 3.8) is 0 Å². The second kappa shape index (κ2) is 2.93. The van der Waals surface area contributed by atoms with Gasteiger partial charge in [0.15, 0.2) is 0 Å². The highest BCUT2D eigenvalue weighted by Crippen LogP contribution is 2.26. The molecule has 0 radical (unpaired) electrons. The highest BCUT2D eigenvalue weighted by molar-refractivity contribution is 7.18. The molecule has 0 aliphatic heterocycles. The summed E-state index contributed by atoms with van der Waals surface area (Å²) in [5, 5.41) is 0.920. The molecule has 1 aromatic carbocycles. The van der Waals surface area contributed by atoms with Crippen LogP contribution in [0.2, 0.25) is 0 Å². The van der Waals surface area contributed by atoms with Crippen LogP contribution in [0.3, 0.4) is 0 Å². The smallest absolute Gasteiger partial charge is 0.149 e. The number of nitrogens with two attached hydrogens (primary N) is 1. The molecule has 0 spiro atoms. The third-order valence-corrected chi connectivity index (χ3v) is 2.67. The maximum atomic E-state index is 13.2. The van der Waals surface area contributed by atoms with E-state index in [0.29, 0.717) is 11.2 Å². The first-order valence-corrected chi connectivity index (χ1v) is 4.55. The number of fused-ring (bicyclic) bond motifs is 1. The van der Waals surface area contributed by atoms with Crippen LogP contribution in [-0.4, -0.2) is 4.98 Å². The number of rotatable bonds is 1. The molecule has 1 aromatic heterocycles. The largest absolute Gasteiger partial charge is 0.321 e. The van der Waals surface area contributed by atoms with Crippen molar-refractivity contribution in [1.82, 2.24) is 4.98 Å². The quantitative estimate of drug-likeness (QED) is 0.543. The van der Waals surface area contributed by atoms with Gasteiger partial charge in [0.2, 0.25) is 0 Å². The topological polar surface area (TPSA) is 50.9 Å². The maximum Gasteiger partial charge on any atom is 0.149 e. The number of hydrogen-bond acceptors (Lipinski definition) is 4. The third kappa shape index (κ3) is 1.36. The number of aromatic nitrogens is 1. The van der Waals surface area contributed by atoms with Crippen LogP contribution in [0, 0.1) is 12.7 Å². The molecule has 2 aromatic rings. The van der Waals surface area contributed by atoms with E-state index in [-0.39, 0.29) is 5.82 Å². The summed E-state index contributed by atoms with van der Waals surface area (Å²) in [5.74, 6) is 4.77. The zero-order valence-electron chi connectivity index (χ0n) is 6.97. The summed E-state index contributed by atoms with van der Waals surface area (Å²) < 4.78 is 14.1. The van der Waals surface area contributed by atoms with E-state index in [1.807, 2.05) is 6.92 Å². The number of nitrogen functional groups attached to an aromatic ring is 1. The van der Waals surface area contributed by atoms with Gasteiger partial charge >= 0.3 is 0 Å². The first kappa shape index (κ1) is 8.40. The van der Waals surface area contributed by atoms with Gasteiger partial charge < -0.3 is 5.43 Å². The lowest BCUT2D eigenvalue weighted by atomic mass is 10.3. The summed E-state index contributed by atoms with van der Waals surface area (Å²) in [7, 11) is 0. The average Bonchev–Trinajstić information content (AvgIpc) is 2.42. The minimum Gasteiger partial charge on any atom is -0.321 e. The molecule has 3 nitrogen and oxygen atoms in total. The molecule has 0 amide bonds. The molecule has 0 saturated heterocycles. The fourth-order valence-corrected chi connectivity index (χ4v) is 2.02. The minimum atomic E-state index is -0.375. The van der Waals surface area contributed by atoms with Gasteiger partial charge in [0.25, 0.3) is 0 Å². The van der Waals surface area contributed by atoms with Crippen LogP contribution in [0.4, 0.5) is 10.1 Å². The Labute approximate surface area is 78.4 Å². The maximum absolute atomic E-state index is 13.2. The summed E-state index contributed by atoms with van der Waals surface area (Å²) in [6.45, 7) is 1.89. The summed E-state index contributed by atoms with van der Waals surface area (Å²) >= 11 is 1.52. The van der Waals surface area contributed by atoms with Gasteiger partial charge in [-0.05, 0) is 13.0 Å². The van der Waals surface area contributed by atoms with Crippen molar-refractivity contribution in [2.24, 2.45) is 5.84 Å². The van der Waals surface area contributed by atoms with E-state index in [2.05, 4.69) is 10.4 Å². The number of nitrogens with zero attached hydrogens (tertiary/aromatic N) is 1. The highest BCUT2D eigenvalue weighted by atomic mass is 32.1. The second-order valence-electron chi connectivity index (χ2n) is 2.68. The number of benzene rings is 1. The van der Waals surface area contributed by atoms with Gasteiger partial charge in [-0.15, -0.1) is 11.3 Å².